The number of benzene rings is 3. The summed E-state index contributed by atoms with van der Waals surface area (Å²) in [6.07, 6.45) is 0. The first kappa shape index (κ1) is 29.8. The van der Waals surface area contributed by atoms with E-state index in [1.165, 1.54) is 17.0 Å². The molecule has 0 unspecified atom stereocenters. The third-order valence-electron chi connectivity index (χ3n) is 6.33. The van der Waals surface area contributed by atoms with Crippen LogP contribution in [0.5, 0.6) is 0 Å². The molecule has 0 saturated carbocycles. The van der Waals surface area contributed by atoms with Crippen molar-refractivity contribution in [1.82, 2.24) is 10.2 Å². The Balaban J connectivity index is 2.00. The number of hydrogen-bond donors (Lipinski definition) is 1. The quantitative estimate of drug-likeness (QED) is 0.369. The summed E-state index contributed by atoms with van der Waals surface area (Å²) < 4.78 is 42.0. The maximum absolute atomic E-state index is 13.9. The van der Waals surface area contributed by atoms with E-state index >= 15 is 0 Å². The minimum absolute atomic E-state index is 0.119. The van der Waals surface area contributed by atoms with E-state index in [-0.39, 0.29) is 29.0 Å². The van der Waals surface area contributed by atoms with E-state index in [9.17, 15) is 22.4 Å². The second-order valence-electron chi connectivity index (χ2n) is 10.1. The van der Waals surface area contributed by atoms with Gasteiger partial charge in [-0.05, 0) is 68.7 Å². The van der Waals surface area contributed by atoms with Crippen molar-refractivity contribution >= 4 is 27.5 Å². The summed E-state index contributed by atoms with van der Waals surface area (Å²) in [6, 6.07) is 17.9. The molecule has 3 aromatic carbocycles. The molecule has 1 N–H and O–H groups in total. The van der Waals surface area contributed by atoms with E-state index in [1.807, 2.05) is 52.0 Å². The maximum atomic E-state index is 13.9. The van der Waals surface area contributed by atoms with Gasteiger partial charge in [0.15, 0.2) is 0 Å². The summed E-state index contributed by atoms with van der Waals surface area (Å²) in [5, 5.41) is 2.86. The molecule has 0 aliphatic carbocycles. The van der Waals surface area contributed by atoms with Gasteiger partial charge in [-0.2, -0.15) is 0 Å². The smallest absolute Gasteiger partial charge is 0.264 e. The third kappa shape index (κ3) is 7.89. The molecule has 9 heteroatoms. The van der Waals surface area contributed by atoms with Gasteiger partial charge in [-0.25, -0.2) is 12.8 Å². The van der Waals surface area contributed by atoms with Crippen LogP contribution in [0.1, 0.15) is 37.5 Å². The predicted molar refractivity (Wildman–Crippen MR) is 151 cm³/mol. The number of amides is 2. The molecule has 0 radical (unpaired) electrons. The van der Waals surface area contributed by atoms with Crippen molar-refractivity contribution in [3.63, 3.8) is 0 Å². The Morgan fingerprint density at radius 3 is 1.92 bits per heavy atom. The zero-order chi connectivity index (χ0) is 28.7. The van der Waals surface area contributed by atoms with E-state index in [4.69, 9.17) is 0 Å². The molecule has 3 aromatic rings. The number of carbonyl (C=O) groups is 2. The highest BCUT2D eigenvalue weighted by Gasteiger charge is 2.32. The Morgan fingerprint density at radius 1 is 0.846 bits per heavy atom. The largest absolute Gasteiger partial charge is 0.354 e. The van der Waals surface area contributed by atoms with Gasteiger partial charge in [-0.15, -0.1) is 0 Å². The lowest BCUT2D eigenvalue weighted by Gasteiger charge is -2.32. The first-order valence-corrected chi connectivity index (χ1v) is 14.3. The van der Waals surface area contributed by atoms with E-state index in [1.54, 1.807) is 31.2 Å². The van der Waals surface area contributed by atoms with Crippen LogP contribution in [0.15, 0.2) is 77.7 Å². The van der Waals surface area contributed by atoms with Gasteiger partial charge in [-0.3, -0.25) is 13.9 Å². The topological polar surface area (TPSA) is 86.8 Å². The second kappa shape index (κ2) is 12.9. The van der Waals surface area contributed by atoms with Crippen LogP contribution in [0.2, 0.25) is 0 Å². The lowest BCUT2D eigenvalue weighted by molar-refractivity contribution is -0.139. The molecule has 0 aromatic heterocycles. The minimum atomic E-state index is -4.24. The summed E-state index contributed by atoms with van der Waals surface area (Å²) in [5.41, 5.74) is 3.06. The molecule has 1 atom stereocenters. The van der Waals surface area contributed by atoms with Crippen LogP contribution in [0.25, 0.3) is 0 Å². The molecule has 208 valence electrons. The van der Waals surface area contributed by atoms with Gasteiger partial charge >= 0.3 is 0 Å². The fourth-order valence-corrected chi connectivity index (χ4v) is 5.31. The van der Waals surface area contributed by atoms with E-state index in [0.717, 1.165) is 33.1 Å². The van der Waals surface area contributed by atoms with Crippen LogP contribution in [-0.2, 0) is 26.2 Å². The zero-order valence-electron chi connectivity index (χ0n) is 23.0. The number of hydrogen-bond acceptors (Lipinski definition) is 4. The first-order valence-electron chi connectivity index (χ1n) is 12.9. The van der Waals surface area contributed by atoms with Crippen molar-refractivity contribution in [2.24, 2.45) is 5.92 Å². The monoisotopic (exact) mass is 553 g/mol. The van der Waals surface area contributed by atoms with Crippen molar-refractivity contribution in [2.75, 3.05) is 17.4 Å². The molecule has 39 heavy (non-hydrogen) atoms. The van der Waals surface area contributed by atoms with Crippen molar-refractivity contribution in [3.05, 3.63) is 95.3 Å². The number of anilines is 1. The number of carbonyl (C=O) groups excluding carboxylic acids is 2. The molecule has 0 aliphatic rings. The molecule has 0 heterocycles. The normalized spacial score (nSPS) is 12.2. The lowest BCUT2D eigenvalue weighted by Crippen LogP contribution is -2.51. The van der Waals surface area contributed by atoms with Crippen LogP contribution in [-0.4, -0.2) is 44.3 Å². The highest BCUT2D eigenvalue weighted by Crippen LogP contribution is 2.25. The Morgan fingerprint density at radius 2 is 1.38 bits per heavy atom. The molecule has 3 rings (SSSR count). The fraction of sp³-hybridized carbons (Fsp3) is 0.333. The van der Waals surface area contributed by atoms with Crippen molar-refractivity contribution in [2.45, 2.75) is 52.1 Å². The molecule has 0 aliphatic heterocycles. The molecule has 2 amide bonds. The molecular formula is C30H36FN3O4S. The summed E-state index contributed by atoms with van der Waals surface area (Å²) >= 11 is 0. The number of halogens is 1. The van der Waals surface area contributed by atoms with Crippen LogP contribution in [0.4, 0.5) is 10.1 Å². The summed E-state index contributed by atoms with van der Waals surface area (Å²) in [7, 11) is -4.24. The van der Waals surface area contributed by atoms with Gasteiger partial charge in [0.1, 0.15) is 18.4 Å². The van der Waals surface area contributed by atoms with Gasteiger partial charge in [0.2, 0.25) is 11.8 Å². The van der Waals surface area contributed by atoms with Crippen molar-refractivity contribution in [1.29, 1.82) is 0 Å². The molecule has 7 nitrogen and oxygen atoms in total. The number of nitrogens with zero attached hydrogens (tertiary/aromatic N) is 2. The Hall–Kier alpha value is -3.72. The highest BCUT2D eigenvalue weighted by molar-refractivity contribution is 7.92. The molecule has 0 saturated heterocycles. The number of rotatable bonds is 11. The van der Waals surface area contributed by atoms with Gasteiger partial charge in [0.25, 0.3) is 10.0 Å². The first-order chi connectivity index (χ1) is 18.4. The summed E-state index contributed by atoms with van der Waals surface area (Å²) in [4.78, 5) is 28.1. The van der Waals surface area contributed by atoms with Gasteiger partial charge in [0, 0.05) is 13.1 Å². The number of aryl methyl sites for hydroxylation is 2. The lowest BCUT2D eigenvalue weighted by atomic mass is 10.1. The Bertz CT molecular complexity index is 1370. The molecular weight excluding hydrogens is 517 g/mol. The standard InChI is InChI=1S/C30H36FN3O4S/c1-21(2)18-32-30(36)24(5)33(19-25-10-6-22(3)7-11-25)29(35)20-34(27-14-8-23(4)9-15-27)39(37,38)28-16-12-26(31)13-17-28/h6-17,21,24H,18-20H2,1-5H3,(H,32,36)/t24-/m0/s1. The highest BCUT2D eigenvalue weighted by atomic mass is 32.2. The zero-order valence-corrected chi connectivity index (χ0v) is 23.8. The average molecular weight is 554 g/mol. The SMILES string of the molecule is Cc1ccc(CN(C(=O)CN(c2ccc(C)cc2)S(=O)(=O)c2ccc(F)cc2)[C@@H](C)C(=O)NCC(C)C)cc1. The molecule has 0 spiro atoms. The van der Waals surface area contributed by atoms with E-state index in [2.05, 4.69) is 5.32 Å². The third-order valence-corrected chi connectivity index (χ3v) is 8.12. The van der Waals surface area contributed by atoms with E-state index < -0.39 is 34.3 Å². The van der Waals surface area contributed by atoms with Gasteiger partial charge in [-0.1, -0.05) is 61.4 Å². The van der Waals surface area contributed by atoms with Crippen LogP contribution in [0, 0.1) is 25.6 Å². The van der Waals surface area contributed by atoms with Gasteiger partial charge in [0.05, 0.1) is 10.6 Å². The molecule has 0 fully saturated rings. The Kier molecular flexibility index (Phi) is 9.86. The number of nitrogens with one attached hydrogen (secondary N) is 1. The predicted octanol–water partition coefficient (Wildman–Crippen LogP) is 4.83. The van der Waals surface area contributed by atoms with Crippen LogP contribution in [0.3, 0.4) is 0 Å². The summed E-state index contributed by atoms with van der Waals surface area (Å²) in [6.45, 7) is 9.42. The van der Waals surface area contributed by atoms with Crippen LogP contribution < -0.4 is 9.62 Å². The fourth-order valence-electron chi connectivity index (χ4n) is 3.90. The summed E-state index contributed by atoms with van der Waals surface area (Å²) in [5.74, 6) is -1.22. The number of sulfonamides is 1. The minimum Gasteiger partial charge on any atom is -0.354 e. The Labute approximate surface area is 230 Å². The maximum Gasteiger partial charge on any atom is 0.264 e. The average Bonchev–Trinajstić information content (AvgIpc) is 2.90. The van der Waals surface area contributed by atoms with Crippen molar-refractivity contribution < 1.29 is 22.4 Å². The van der Waals surface area contributed by atoms with Crippen molar-refractivity contribution in [3.8, 4) is 0 Å². The molecule has 0 bridgehead atoms. The van der Waals surface area contributed by atoms with E-state index in [0.29, 0.717) is 6.54 Å². The second-order valence-corrected chi connectivity index (χ2v) is 12.0. The van der Waals surface area contributed by atoms with Gasteiger partial charge < -0.3 is 10.2 Å². The van der Waals surface area contributed by atoms with Crippen LogP contribution >= 0.6 is 0 Å².